The monoisotopic (exact) mass is 336 g/mol. The Morgan fingerprint density at radius 1 is 1.26 bits per heavy atom. The topological polar surface area (TPSA) is 37.3 Å². The lowest BCUT2D eigenvalue weighted by Crippen LogP contribution is -1.99. The predicted molar refractivity (Wildman–Crippen MR) is 81.8 cm³/mol. The van der Waals surface area contributed by atoms with Crippen LogP contribution < -0.4 is 0 Å². The van der Waals surface area contributed by atoms with Crippen molar-refractivity contribution >= 4 is 33.7 Å². The van der Waals surface area contributed by atoms with E-state index in [9.17, 15) is 9.90 Å². The summed E-state index contributed by atoms with van der Waals surface area (Å²) in [6.45, 7) is 2.07. The van der Waals surface area contributed by atoms with Crippen molar-refractivity contribution in [2.45, 2.75) is 17.6 Å². The fourth-order valence-corrected chi connectivity index (χ4v) is 3.18. The molecule has 0 unspecified atom stereocenters. The fourth-order valence-electron chi connectivity index (χ4n) is 1.72. The van der Waals surface area contributed by atoms with Crippen LogP contribution in [0.15, 0.2) is 51.8 Å². The van der Waals surface area contributed by atoms with Gasteiger partial charge in [0.05, 0.1) is 5.56 Å². The van der Waals surface area contributed by atoms with Gasteiger partial charge in [-0.1, -0.05) is 40.2 Å². The number of carboxylic acids is 1. The van der Waals surface area contributed by atoms with Crippen molar-refractivity contribution in [3.05, 3.63) is 63.6 Å². The van der Waals surface area contributed by atoms with Crippen LogP contribution in [0.25, 0.3) is 0 Å². The summed E-state index contributed by atoms with van der Waals surface area (Å²) in [4.78, 5) is 12.0. The first-order valence-corrected chi connectivity index (χ1v) is 7.56. The summed E-state index contributed by atoms with van der Waals surface area (Å²) in [5, 5.41) is 9.21. The average Bonchev–Trinajstić information content (AvgIpc) is 2.38. The van der Waals surface area contributed by atoms with Crippen molar-refractivity contribution in [2.24, 2.45) is 0 Å². The molecule has 0 heterocycles. The minimum Gasteiger partial charge on any atom is -0.478 e. The molecule has 2 nitrogen and oxygen atoms in total. The largest absolute Gasteiger partial charge is 0.478 e. The molecule has 0 amide bonds. The molecule has 2 rings (SSSR count). The third-order valence-corrected chi connectivity index (χ3v) is 4.43. The van der Waals surface area contributed by atoms with Gasteiger partial charge in [-0.25, -0.2) is 4.79 Å². The van der Waals surface area contributed by atoms with Crippen LogP contribution in [0.2, 0.25) is 0 Å². The van der Waals surface area contributed by atoms with Crippen LogP contribution in [0.1, 0.15) is 21.5 Å². The fraction of sp³-hybridized carbons (Fsp3) is 0.133. The minimum absolute atomic E-state index is 0.341. The average molecular weight is 337 g/mol. The van der Waals surface area contributed by atoms with Gasteiger partial charge in [-0.2, -0.15) is 0 Å². The molecule has 0 aliphatic heterocycles. The van der Waals surface area contributed by atoms with Crippen LogP contribution in [0, 0.1) is 6.92 Å². The van der Waals surface area contributed by atoms with Gasteiger partial charge in [0.25, 0.3) is 0 Å². The Morgan fingerprint density at radius 2 is 2.00 bits per heavy atom. The maximum atomic E-state index is 11.2. The van der Waals surface area contributed by atoms with Crippen molar-refractivity contribution in [3.63, 3.8) is 0 Å². The van der Waals surface area contributed by atoms with Crippen molar-refractivity contribution < 1.29 is 9.90 Å². The third kappa shape index (κ3) is 3.61. The quantitative estimate of drug-likeness (QED) is 0.818. The van der Waals surface area contributed by atoms with E-state index in [-0.39, 0.29) is 0 Å². The van der Waals surface area contributed by atoms with Crippen LogP contribution >= 0.6 is 27.7 Å². The first-order valence-electron chi connectivity index (χ1n) is 5.78. The molecule has 0 saturated carbocycles. The summed E-state index contributed by atoms with van der Waals surface area (Å²) in [7, 11) is 0. The number of aryl methyl sites for hydroxylation is 1. The van der Waals surface area contributed by atoms with Gasteiger partial charge in [0.1, 0.15) is 0 Å². The van der Waals surface area contributed by atoms with Gasteiger partial charge in [0.15, 0.2) is 0 Å². The first kappa shape index (κ1) is 14.2. The molecule has 0 aliphatic rings. The lowest BCUT2D eigenvalue weighted by Gasteiger charge is -2.08. The van der Waals surface area contributed by atoms with E-state index in [1.165, 1.54) is 11.1 Å². The number of hydrogen-bond donors (Lipinski definition) is 1. The number of carbonyl (C=O) groups is 1. The van der Waals surface area contributed by atoms with E-state index in [4.69, 9.17) is 0 Å². The standard InChI is InChI=1S/C15H13BrO2S/c1-10-4-2-3-5-11(10)9-19-14-7-6-12(16)8-13(14)15(17)18/h2-8H,9H2,1H3,(H,17,18). The number of carboxylic acid groups (broad SMARTS) is 1. The summed E-state index contributed by atoms with van der Waals surface area (Å²) < 4.78 is 0.783. The summed E-state index contributed by atoms with van der Waals surface area (Å²) in [6.07, 6.45) is 0. The number of thioether (sulfide) groups is 1. The first-order chi connectivity index (χ1) is 9.08. The van der Waals surface area contributed by atoms with Gasteiger partial charge in [-0.05, 0) is 36.2 Å². The van der Waals surface area contributed by atoms with Crippen LogP contribution in [0.4, 0.5) is 0 Å². The highest BCUT2D eigenvalue weighted by molar-refractivity contribution is 9.10. The SMILES string of the molecule is Cc1ccccc1CSc1ccc(Br)cc1C(=O)O. The molecular weight excluding hydrogens is 324 g/mol. The molecule has 0 atom stereocenters. The van der Waals surface area contributed by atoms with E-state index in [1.54, 1.807) is 17.8 Å². The molecule has 2 aromatic rings. The maximum absolute atomic E-state index is 11.2. The van der Waals surface area contributed by atoms with Crippen LogP contribution in [0.5, 0.6) is 0 Å². The minimum atomic E-state index is -0.895. The zero-order valence-electron chi connectivity index (χ0n) is 10.4. The second-order valence-corrected chi connectivity index (χ2v) is 6.09. The third-order valence-electron chi connectivity index (χ3n) is 2.82. The Morgan fingerprint density at radius 3 is 2.68 bits per heavy atom. The van der Waals surface area contributed by atoms with E-state index in [0.29, 0.717) is 5.56 Å². The second kappa shape index (κ2) is 6.26. The molecule has 0 bridgehead atoms. The number of rotatable bonds is 4. The number of halogens is 1. The highest BCUT2D eigenvalue weighted by Gasteiger charge is 2.11. The van der Waals surface area contributed by atoms with Gasteiger partial charge in [0, 0.05) is 15.1 Å². The van der Waals surface area contributed by atoms with E-state index < -0.39 is 5.97 Å². The highest BCUT2D eigenvalue weighted by atomic mass is 79.9. The number of aromatic carboxylic acids is 1. The van der Waals surface area contributed by atoms with E-state index in [0.717, 1.165) is 15.1 Å². The van der Waals surface area contributed by atoms with Crippen molar-refractivity contribution in [1.82, 2.24) is 0 Å². The molecular formula is C15H13BrO2S. The van der Waals surface area contributed by atoms with Gasteiger partial charge < -0.3 is 5.11 Å². The Bertz CT molecular complexity index is 611. The molecule has 0 radical (unpaired) electrons. The van der Waals surface area contributed by atoms with Gasteiger partial charge in [0.2, 0.25) is 0 Å². The van der Waals surface area contributed by atoms with Crippen molar-refractivity contribution in [3.8, 4) is 0 Å². The van der Waals surface area contributed by atoms with Crippen molar-refractivity contribution in [1.29, 1.82) is 0 Å². The summed E-state index contributed by atoms with van der Waals surface area (Å²) >= 11 is 4.85. The van der Waals surface area contributed by atoms with Gasteiger partial charge >= 0.3 is 5.97 Å². The lowest BCUT2D eigenvalue weighted by atomic mass is 10.1. The Hall–Kier alpha value is -1.26. The van der Waals surface area contributed by atoms with E-state index in [1.807, 2.05) is 24.3 Å². The molecule has 98 valence electrons. The molecule has 2 aromatic carbocycles. The summed E-state index contributed by atoms with van der Waals surface area (Å²) in [5.41, 5.74) is 2.80. The lowest BCUT2D eigenvalue weighted by molar-refractivity contribution is 0.0693. The highest BCUT2D eigenvalue weighted by Crippen LogP contribution is 2.29. The van der Waals surface area contributed by atoms with Crippen molar-refractivity contribution in [2.75, 3.05) is 0 Å². The molecule has 19 heavy (non-hydrogen) atoms. The Kier molecular flexibility index (Phi) is 4.66. The Labute approximate surface area is 125 Å². The van der Waals surface area contributed by atoms with Gasteiger partial charge in [-0.15, -0.1) is 11.8 Å². The zero-order chi connectivity index (χ0) is 13.8. The van der Waals surface area contributed by atoms with Crippen LogP contribution in [0.3, 0.4) is 0 Å². The van der Waals surface area contributed by atoms with E-state index in [2.05, 4.69) is 35.0 Å². The Balaban J connectivity index is 2.20. The van der Waals surface area contributed by atoms with Gasteiger partial charge in [-0.3, -0.25) is 0 Å². The molecule has 0 saturated heterocycles. The molecule has 1 N–H and O–H groups in total. The smallest absolute Gasteiger partial charge is 0.336 e. The van der Waals surface area contributed by atoms with Crippen LogP contribution in [-0.4, -0.2) is 11.1 Å². The molecule has 0 spiro atoms. The van der Waals surface area contributed by atoms with E-state index >= 15 is 0 Å². The normalized spacial score (nSPS) is 10.4. The molecule has 0 aliphatic carbocycles. The number of benzene rings is 2. The summed E-state index contributed by atoms with van der Waals surface area (Å²) in [5.74, 6) is -0.122. The second-order valence-electron chi connectivity index (χ2n) is 4.16. The predicted octanol–water partition coefficient (Wildman–Crippen LogP) is 4.75. The number of hydrogen-bond acceptors (Lipinski definition) is 2. The molecule has 0 fully saturated rings. The molecule has 0 aromatic heterocycles. The summed E-state index contributed by atoms with van der Waals surface area (Å²) in [6, 6.07) is 13.5. The zero-order valence-corrected chi connectivity index (χ0v) is 12.8. The van der Waals surface area contributed by atoms with Crippen LogP contribution in [-0.2, 0) is 5.75 Å². The maximum Gasteiger partial charge on any atom is 0.336 e. The molecule has 4 heteroatoms.